The Hall–Kier alpha value is -4.07. The molecule has 5 atom stereocenters. The molecule has 0 bridgehead atoms. The number of cyclic esters (lactones) is 1. The molecule has 3 aliphatic rings. The molecular weight excluding hydrogens is 562 g/mol. The van der Waals surface area contributed by atoms with Gasteiger partial charge in [-0.05, 0) is 36.9 Å². The second-order valence-electron chi connectivity index (χ2n) is 10.4. The molecule has 12 nitrogen and oxygen atoms in total. The summed E-state index contributed by atoms with van der Waals surface area (Å²) in [6.45, 7) is 6.14. The van der Waals surface area contributed by atoms with Crippen molar-refractivity contribution in [3.8, 4) is 16.5 Å². The first-order valence-corrected chi connectivity index (χ1v) is 14.7. The van der Waals surface area contributed by atoms with Gasteiger partial charge < -0.3 is 24.3 Å². The molecule has 0 radical (unpaired) electrons. The number of esters is 1. The second kappa shape index (κ2) is 11.7. The van der Waals surface area contributed by atoms with Crippen LogP contribution in [-0.2, 0) is 23.8 Å². The fraction of sp³-hybridized carbons (Fsp3) is 0.414. The maximum absolute atomic E-state index is 13.7. The molecule has 1 saturated carbocycles. The molecule has 13 heteroatoms. The highest BCUT2D eigenvalue weighted by molar-refractivity contribution is 7.13. The van der Waals surface area contributed by atoms with Gasteiger partial charge in [0.25, 0.3) is 0 Å². The van der Waals surface area contributed by atoms with Crippen LogP contribution < -0.4 is 15.4 Å². The molecular formula is C29H31N5O7S. The third-order valence-electron chi connectivity index (χ3n) is 7.61. The Morgan fingerprint density at radius 1 is 1.26 bits per heavy atom. The zero-order chi connectivity index (χ0) is 29.3. The molecule has 3 aromatic rings. The Balaban J connectivity index is 1.24. The van der Waals surface area contributed by atoms with Crippen molar-refractivity contribution >= 4 is 40.3 Å². The number of thiophene rings is 1. The number of hydrogen-bond donors (Lipinski definition) is 2. The van der Waals surface area contributed by atoms with Crippen molar-refractivity contribution in [1.29, 1.82) is 0 Å². The van der Waals surface area contributed by atoms with Gasteiger partial charge in [-0.15, -0.1) is 17.9 Å². The Labute approximate surface area is 246 Å². The number of hydrogen-bond acceptors (Lipinski definition) is 11. The van der Waals surface area contributed by atoms with Crippen LogP contribution in [0.15, 0.2) is 54.4 Å². The van der Waals surface area contributed by atoms with Crippen molar-refractivity contribution in [2.45, 2.75) is 43.7 Å². The molecule has 2 saturated heterocycles. The minimum atomic E-state index is -1.14. The summed E-state index contributed by atoms with van der Waals surface area (Å²) in [5.74, 6) is -0.672. The first kappa shape index (κ1) is 28.1. The van der Waals surface area contributed by atoms with E-state index in [2.05, 4.69) is 17.2 Å². The third kappa shape index (κ3) is 5.54. The van der Waals surface area contributed by atoms with Crippen molar-refractivity contribution in [1.82, 2.24) is 25.5 Å². The minimum absolute atomic E-state index is 0.0186. The number of ether oxygens (including phenoxy) is 4. The van der Waals surface area contributed by atoms with Crippen LogP contribution in [0.4, 0.5) is 4.79 Å². The summed E-state index contributed by atoms with van der Waals surface area (Å²) in [6, 6.07) is 10.8. The van der Waals surface area contributed by atoms with Crippen LogP contribution in [0.25, 0.3) is 21.6 Å². The number of alkyl carbamates (subject to hydrolysis) is 1. The summed E-state index contributed by atoms with van der Waals surface area (Å²) in [5.41, 5.74) is 0.929. The predicted molar refractivity (Wildman–Crippen MR) is 152 cm³/mol. The Kier molecular flexibility index (Phi) is 7.80. The lowest BCUT2D eigenvalue weighted by molar-refractivity contribution is -0.150. The summed E-state index contributed by atoms with van der Waals surface area (Å²) < 4.78 is 22.5. The van der Waals surface area contributed by atoms with Gasteiger partial charge in [0.1, 0.15) is 30.7 Å². The van der Waals surface area contributed by atoms with E-state index in [9.17, 15) is 14.4 Å². The molecule has 6 rings (SSSR count). The Bertz CT molecular complexity index is 1500. The van der Waals surface area contributed by atoms with Gasteiger partial charge in [-0.25, -0.2) is 19.6 Å². The van der Waals surface area contributed by atoms with Gasteiger partial charge in [-0.3, -0.25) is 15.0 Å². The largest absolute Gasteiger partial charge is 0.471 e. The molecule has 2 amide bonds. The van der Waals surface area contributed by atoms with Gasteiger partial charge in [0.05, 0.1) is 28.6 Å². The molecule has 2 aliphatic heterocycles. The number of nitrogens with one attached hydrogen (secondary N) is 2. The predicted octanol–water partition coefficient (Wildman–Crippen LogP) is 2.84. The molecule has 42 heavy (non-hydrogen) atoms. The highest BCUT2D eigenvalue weighted by atomic mass is 32.1. The van der Waals surface area contributed by atoms with Gasteiger partial charge in [0, 0.05) is 18.9 Å². The SMILES string of the molecule is C=C[C@@H]1C[C@]1(NC(=O)[C@@H]1C[C@@H](Oc2nc3ccccc3nc2-c2cccs2)CN1CO[C@@H]1COC(=O)N1)C(=O)OCC. The van der Waals surface area contributed by atoms with Crippen LogP contribution in [0.5, 0.6) is 5.88 Å². The summed E-state index contributed by atoms with van der Waals surface area (Å²) in [5, 5.41) is 7.48. The highest BCUT2D eigenvalue weighted by Crippen LogP contribution is 2.45. The molecule has 0 unspecified atom stereocenters. The number of rotatable bonds is 11. The lowest BCUT2D eigenvalue weighted by Crippen LogP contribution is -2.53. The number of aromatic nitrogens is 2. The Morgan fingerprint density at radius 3 is 2.74 bits per heavy atom. The van der Waals surface area contributed by atoms with Crippen molar-refractivity contribution < 1.29 is 33.3 Å². The van der Waals surface area contributed by atoms with E-state index in [1.165, 1.54) is 11.3 Å². The van der Waals surface area contributed by atoms with Crippen LogP contribution >= 0.6 is 11.3 Å². The number of carbonyl (C=O) groups excluding carboxylic acids is 3. The molecule has 2 aromatic heterocycles. The summed E-state index contributed by atoms with van der Waals surface area (Å²) >= 11 is 1.53. The smallest absolute Gasteiger partial charge is 0.409 e. The van der Waals surface area contributed by atoms with Crippen LogP contribution in [0, 0.1) is 5.92 Å². The standard InChI is InChI=1S/C29H31N5O7S/c1-3-17-13-29(17,27(36)38-4-2)33-25(35)21-12-18(14-34(21)16-40-23-15-39-28(37)32-23)41-26-24(22-10-7-11-42-22)30-19-8-5-6-9-20(19)31-26/h3,5-11,17-18,21,23H,1,4,12-16H2,2H3,(H,32,37)(H,33,35)/t17-,18-,21+,23-,29-/m1/s1. The maximum Gasteiger partial charge on any atom is 0.409 e. The third-order valence-corrected chi connectivity index (χ3v) is 8.49. The summed E-state index contributed by atoms with van der Waals surface area (Å²) in [4.78, 5) is 50.3. The molecule has 4 heterocycles. The van der Waals surface area contributed by atoms with E-state index in [4.69, 9.17) is 28.9 Å². The zero-order valence-corrected chi connectivity index (χ0v) is 23.8. The molecule has 220 valence electrons. The average Bonchev–Trinajstić information content (AvgIpc) is 3.40. The average molecular weight is 594 g/mol. The van der Waals surface area contributed by atoms with Gasteiger partial charge >= 0.3 is 12.1 Å². The minimum Gasteiger partial charge on any atom is -0.471 e. The quantitative estimate of drug-likeness (QED) is 0.252. The van der Waals surface area contributed by atoms with Gasteiger partial charge in [0.15, 0.2) is 6.23 Å². The fourth-order valence-corrected chi connectivity index (χ4v) is 6.07. The molecule has 2 N–H and O–H groups in total. The Morgan fingerprint density at radius 2 is 2.07 bits per heavy atom. The van der Waals surface area contributed by atoms with E-state index < -0.39 is 36.0 Å². The van der Waals surface area contributed by atoms with Crippen molar-refractivity contribution in [3.05, 3.63) is 54.4 Å². The number of carbonyl (C=O) groups is 3. The second-order valence-corrected chi connectivity index (χ2v) is 11.3. The lowest BCUT2D eigenvalue weighted by Gasteiger charge is -2.26. The monoisotopic (exact) mass is 593 g/mol. The molecule has 1 aliphatic carbocycles. The van der Waals surface area contributed by atoms with Gasteiger partial charge in [0.2, 0.25) is 11.8 Å². The van der Waals surface area contributed by atoms with Crippen molar-refractivity contribution in [2.24, 2.45) is 5.92 Å². The number of fused-ring (bicyclic) bond motifs is 1. The molecule has 1 aromatic carbocycles. The van der Waals surface area contributed by atoms with E-state index in [0.717, 1.165) is 10.4 Å². The van der Waals surface area contributed by atoms with Gasteiger partial charge in [-0.2, -0.15) is 0 Å². The molecule has 3 fully saturated rings. The first-order chi connectivity index (χ1) is 20.4. The van der Waals surface area contributed by atoms with Crippen LogP contribution in [-0.4, -0.2) is 83.2 Å². The normalized spacial score (nSPS) is 26.8. The lowest BCUT2D eigenvalue weighted by atomic mass is 10.1. The number of para-hydroxylation sites is 2. The number of amides is 2. The zero-order valence-electron chi connectivity index (χ0n) is 23.0. The van der Waals surface area contributed by atoms with E-state index in [0.29, 0.717) is 36.5 Å². The first-order valence-electron chi connectivity index (χ1n) is 13.8. The van der Waals surface area contributed by atoms with Gasteiger partial charge in [-0.1, -0.05) is 24.3 Å². The van der Waals surface area contributed by atoms with Crippen LogP contribution in [0.3, 0.4) is 0 Å². The van der Waals surface area contributed by atoms with Crippen molar-refractivity contribution in [2.75, 3.05) is 26.5 Å². The topological polar surface area (TPSA) is 141 Å². The number of benzene rings is 1. The highest BCUT2D eigenvalue weighted by Gasteiger charge is 2.61. The van der Waals surface area contributed by atoms with E-state index in [-0.39, 0.29) is 31.8 Å². The maximum atomic E-state index is 13.7. The number of likely N-dealkylation sites (tertiary alicyclic amines) is 1. The summed E-state index contributed by atoms with van der Waals surface area (Å²) in [7, 11) is 0. The van der Waals surface area contributed by atoms with E-state index >= 15 is 0 Å². The molecule has 0 spiro atoms. The van der Waals surface area contributed by atoms with Crippen LogP contribution in [0.2, 0.25) is 0 Å². The fourth-order valence-electron chi connectivity index (χ4n) is 5.37. The van der Waals surface area contributed by atoms with Crippen molar-refractivity contribution in [3.63, 3.8) is 0 Å². The van der Waals surface area contributed by atoms with E-state index in [1.807, 2.05) is 46.7 Å². The number of nitrogens with zero attached hydrogens (tertiary/aromatic N) is 3. The summed E-state index contributed by atoms with van der Waals surface area (Å²) in [6.07, 6.45) is 0.740. The van der Waals surface area contributed by atoms with Crippen LogP contribution in [0.1, 0.15) is 19.8 Å². The van der Waals surface area contributed by atoms with E-state index in [1.54, 1.807) is 13.0 Å².